The van der Waals surface area contributed by atoms with Crippen LogP contribution < -0.4 is 0 Å². The standard InChI is InChI=1S/C29H40O8/c1-9-15(4)25(33)36-23-17(6)28(35)19(21-26(7,8)29(21,23)37-24(32)14(2)3)11-18(13-30)12-27(34)20(28)10-16(5)22(27)31/h9-11,14,17,19-21,23,30,34-35H,12-13H2,1-8H3/b15-9+/t17-,19+,20-,21+,23+,27+,28-,29-/m0/s1. The van der Waals surface area contributed by atoms with Crippen molar-refractivity contribution in [3.63, 3.8) is 0 Å². The fraction of sp³-hybridized carbons (Fsp3) is 0.690. The van der Waals surface area contributed by atoms with Crippen molar-refractivity contribution < 1.29 is 39.2 Å². The van der Waals surface area contributed by atoms with Crippen molar-refractivity contribution in [3.05, 3.63) is 34.9 Å². The molecule has 4 aliphatic carbocycles. The summed E-state index contributed by atoms with van der Waals surface area (Å²) in [5.74, 6) is -5.00. The van der Waals surface area contributed by atoms with Gasteiger partial charge >= 0.3 is 11.9 Å². The molecule has 0 amide bonds. The number of fused-ring (bicyclic) bond motifs is 5. The summed E-state index contributed by atoms with van der Waals surface area (Å²) in [5, 5.41) is 34.6. The molecular weight excluding hydrogens is 476 g/mol. The molecule has 3 N–H and O–H groups in total. The number of rotatable bonds is 5. The second-order valence-electron chi connectivity index (χ2n) is 12.3. The Morgan fingerprint density at radius 1 is 1.22 bits per heavy atom. The molecule has 2 saturated carbocycles. The van der Waals surface area contributed by atoms with Crippen molar-refractivity contribution in [2.24, 2.45) is 35.0 Å². The number of ketones is 1. The smallest absolute Gasteiger partial charge is 0.333 e. The minimum Gasteiger partial charge on any atom is -0.454 e. The molecule has 4 rings (SSSR count). The summed E-state index contributed by atoms with van der Waals surface area (Å²) in [4.78, 5) is 39.3. The van der Waals surface area contributed by atoms with Gasteiger partial charge in [-0.1, -0.05) is 52.8 Å². The Morgan fingerprint density at radius 3 is 2.38 bits per heavy atom. The molecule has 8 heteroatoms. The molecule has 0 aromatic rings. The van der Waals surface area contributed by atoms with Gasteiger partial charge in [-0.15, -0.1) is 0 Å². The molecule has 0 heterocycles. The Bertz CT molecular complexity index is 1130. The van der Waals surface area contributed by atoms with Crippen LogP contribution in [0.3, 0.4) is 0 Å². The van der Waals surface area contributed by atoms with E-state index < -0.39 is 82.2 Å². The van der Waals surface area contributed by atoms with E-state index in [2.05, 4.69) is 0 Å². The van der Waals surface area contributed by atoms with E-state index in [-0.39, 0.29) is 6.42 Å². The van der Waals surface area contributed by atoms with E-state index in [1.165, 1.54) is 0 Å². The Hall–Kier alpha value is -2.29. The van der Waals surface area contributed by atoms with Crippen LogP contribution in [0.1, 0.15) is 61.8 Å². The first-order chi connectivity index (χ1) is 17.0. The largest absolute Gasteiger partial charge is 0.454 e. The number of carbonyl (C=O) groups excluding carboxylic acids is 3. The van der Waals surface area contributed by atoms with Gasteiger partial charge in [-0.25, -0.2) is 4.79 Å². The van der Waals surface area contributed by atoms with Crippen molar-refractivity contribution in [2.45, 2.75) is 84.7 Å². The van der Waals surface area contributed by atoms with E-state index in [0.717, 1.165) is 0 Å². The highest BCUT2D eigenvalue weighted by molar-refractivity contribution is 6.04. The van der Waals surface area contributed by atoms with Gasteiger partial charge in [0.1, 0.15) is 11.7 Å². The summed E-state index contributed by atoms with van der Waals surface area (Å²) in [7, 11) is 0. The van der Waals surface area contributed by atoms with E-state index in [1.807, 2.05) is 13.8 Å². The molecule has 0 spiro atoms. The lowest BCUT2D eigenvalue weighted by Crippen LogP contribution is -2.66. The lowest BCUT2D eigenvalue weighted by atomic mass is 9.59. The molecule has 0 bridgehead atoms. The third-order valence-electron chi connectivity index (χ3n) is 9.69. The van der Waals surface area contributed by atoms with Crippen molar-refractivity contribution in [2.75, 3.05) is 6.61 Å². The van der Waals surface area contributed by atoms with E-state index in [9.17, 15) is 29.7 Å². The average Bonchev–Trinajstić information content (AvgIpc) is 3.26. The molecule has 37 heavy (non-hydrogen) atoms. The molecule has 8 nitrogen and oxygen atoms in total. The first kappa shape index (κ1) is 27.7. The van der Waals surface area contributed by atoms with Crippen LogP contribution in [0.5, 0.6) is 0 Å². The predicted octanol–water partition coefficient (Wildman–Crippen LogP) is 2.65. The van der Waals surface area contributed by atoms with Gasteiger partial charge in [0.2, 0.25) is 0 Å². The van der Waals surface area contributed by atoms with Crippen LogP contribution in [0.4, 0.5) is 0 Å². The number of Topliss-reactive ketones (excluding diaryl/α,β-unsaturated/α-hetero) is 1. The summed E-state index contributed by atoms with van der Waals surface area (Å²) in [6, 6.07) is 0. The van der Waals surface area contributed by atoms with Crippen LogP contribution in [0, 0.1) is 35.0 Å². The summed E-state index contributed by atoms with van der Waals surface area (Å²) in [5.41, 5.74) is -4.51. The minimum absolute atomic E-state index is 0.125. The molecule has 0 aromatic carbocycles. The molecule has 2 fully saturated rings. The Kier molecular flexibility index (Phi) is 6.46. The molecular formula is C29H40O8. The SMILES string of the molecule is C/C=C(\C)C(=O)O[C@@H]1[C@H](C)[C@]2(O)[C@H](C=C(CO)C[C@]3(O)C(=O)C(C)=C[C@H]23)[C@@H]2C(C)(C)[C@@]12OC(=O)C(C)C. The van der Waals surface area contributed by atoms with E-state index in [1.54, 1.807) is 59.8 Å². The fourth-order valence-electron chi connectivity index (χ4n) is 7.43. The van der Waals surface area contributed by atoms with Gasteiger partial charge < -0.3 is 24.8 Å². The topological polar surface area (TPSA) is 130 Å². The highest BCUT2D eigenvalue weighted by Gasteiger charge is 2.88. The third kappa shape index (κ3) is 3.48. The maximum Gasteiger partial charge on any atom is 0.333 e. The second kappa shape index (κ2) is 8.61. The van der Waals surface area contributed by atoms with E-state index in [4.69, 9.17) is 9.47 Å². The predicted molar refractivity (Wildman–Crippen MR) is 135 cm³/mol. The number of hydrogen-bond donors (Lipinski definition) is 3. The van der Waals surface area contributed by atoms with E-state index in [0.29, 0.717) is 16.7 Å². The van der Waals surface area contributed by atoms with Crippen LogP contribution in [0.25, 0.3) is 0 Å². The molecule has 204 valence electrons. The second-order valence-corrected chi connectivity index (χ2v) is 12.3. The number of allylic oxidation sites excluding steroid dienone is 1. The van der Waals surface area contributed by atoms with Gasteiger partial charge in [0.25, 0.3) is 0 Å². The molecule has 8 atom stereocenters. The van der Waals surface area contributed by atoms with Gasteiger partial charge in [0.15, 0.2) is 11.4 Å². The van der Waals surface area contributed by atoms with Gasteiger partial charge in [-0.2, -0.15) is 0 Å². The zero-order chi connectivity index (χ0) is 27.9. The van der Waals surface area contributed by atoms with Crippen molar-refractivity contribution in [1.29, 1.82) is 0 Å². The monoisotopic (exact) mass is 516 g/mol. The maximum absolute atomic E-state index is 13.2. The molecule has 0 radical (unpaired) electrons. The fourth-order valence-corrected chi connectivity index (χ4v) is 7.43. The summed E-state index contributed by atoms with van der Waals surface area (Å²) in [6.45, 7) is 13.5. The zero-order valence-corrected chi connectivity index (χ0v) is 23.0. The van der Waals surface area contributed by atoms with Gasteiger partial charge in [-0.05, 0) is 31.9 Å². The lowest BCUT2D eigenvalue weighted by molar-refractivity contribution is -0.228. The lowest BCUT2D eigenvalue weighted by Gasteiger charge is -2.53. The minimum atomic E-state index is -1.95. The Labute approximate surface area is 218 Å². The van der Waals surface area contributed by atoms with E-state index >= 15 is 0 Å². The summed E-state index contributed by atoms with van der Waals surface area (Å²) >= 11 is 0. The van der Waals surface area contributed by atoms with Crippen molar-refractivity contribution >= 4 is 17.7 Å². The number of carbonyl (C=O) groups is 3. The highest BCUT2D eigenvalue weighted by atomic mass is 16.6. The molecule has 0 aromatic heterocycles. The van der Waals surface area contributed by atoms with Crippen molar-refractivity contribution in [1.82, 2.24) is 0 Å². The van der Waals surface area contributed by atoms with Crippen LogP contribution >= 0.6 is 0 Å². The van der Waals surface area contributed by atoms with Gasteiger partial charge in [0, 0.05) is 41.1 Å². The normalized spacial score (nSPS) is 42.1. The number of aliphatic hydroxyl groups excluding tert-OH is 1. The first-order valence-corrected chi connectivity index (χ1v) is 13.1. The number of ether oxygens (including phenoxy) is 2. The molecule has 0 unspecified atom stereocenters. The number of aliphatic hydroxyl groups is 3. The summed E-state index contributed by atoms with van der Waals surface area (Å²) < 4.78 is 12.3. The Morgan fingerprint density at radius 2 is 1.84 bits per heavy atom. The van der Waals surface area contributed by atoms with Crippen LogP contribution in [-0.4, -0.2) is 62.6 Å². The third-order valence-corrected chi connectivity index (χ3v) is 9.69. The quantitative estimate of drug-likeness (QED) is 0.289. The van der Waals surface area contributed by atoms with Crippen LogP contribution in [0.2, 0.25) is 0 Å². The van der Waals surface area contributed by atoms with Gasteiger partial charge in [0.05, 0.1) is 18.1 Å². The van der Waals surface area contributed by atoms with Crippen molar-refractivity contribution in [3.8, 4) is 0 Å². The maximum atomic E-state index is 13.2. The number of esters is 2. The number of hydrogen-bond acceptors (Lipinski definition) is 8. The first-order valence-electron chi connectivity index (χ1n) is 13.1. The average molecular weight is 517 g/mol. The highest BCUT2D eigenvalue weighted by Crippen LogP contribution is 2.77. The molecule has 4 aliphatic rings. The van der Waals surface area contributed by atoms with Crippen LogP contribution in [0.15, 0.2) is 34.9 Å². The van der Waals surface area contributed by atoms with Gasteiger partial charge in [-0.3, -0.25) is 9.59 Å². The summed E-state index contributed by atoms with van der Waals surface area (Å²) in [6.07, 6.45) is 3.81. The molecule has 0 aliphatic heterocycles. The Balaban J connectivity index is 1.96. The van der Waals surface area contributed by atoms with Crippen LogP contribution in [-0.2, 0) is 23.9 Å². The zero-order valence-electron chi connectivity index (χ0n) is 23.0. The molecule has 0 saturated heterocycles.